The first kappa shape index (κ1) is 50.4. The van der Waals surface area contributed by atoms with Crippen molar-refractivity contribution in [2.24, 2.45) is 5.73 Å². The van der Waals surface area contributed by atoms with Crippen molar-refractivity contribution < 1.29 is 47.5 Å². The lowest BCUT2D eigenvalue weighted by molar-refractivity contribution is -0.161. The minimum Gasteiger partial charge on any atom is -0.480 e. The van der Waals surface area contributed by atoms with E-state index in [1.807, 2.05) is 0 Å². The van der Waals surface area contributed by atoms with Crippen LogP contribution in [-0.2, 0) is 37.5 Å². The van der Waals surface area contributed by atoms with Gasteiger partial charge in [-0.2, -0.15) is 0 Å². The second-order valence-corrected chi connectivity index (χ2v) is 14.9. The molecule has 3 atom stereocenters. The monoisotopic (exact) mass is 769 g/mol. The molecule has 0 heterocycles. The van der Waals surface area contributed by atoms with Crippen LogP contribution >= 0.6 is 7.82 Å². The van der Waals surface area contributed by atoms with Crippen molar-refractivity contribution in [1.82, 2.24) is 0 Å². The summed E-state index contributed by atoms with van der Waals surface area (Å²) in [4.78, 5) is 45.8. The highest BCUT2D eigenvalue weighted by atomic mass is 31.2. The lowest BCUT2D eigenvalue weighted by atomic mass is 10.1. The average molecular weight is 770 g/mol. The third kappa shape index (κ3) is 36.2. The number of ether oxygens (including phenoxy) is 2. The number of carbonyl (C=O) groups excluding carboxylic acids is 2. The summed E-state index contributed by atoms with van der Waals surface area (Å²) in [5, 5.41) is 8.87. The lowest BCUT2D eigenvalue weighted by Gasteiger charge is -2.20. The van der Waals surface area contributed by atoms with Gasteiger partial charge < -0.3 is 25.2 Å². The molecule has 0 aliphatic rings. The van der Waals surface area contributed by atoms with Crippen LogP contribution in [0.1, 0.15) is 162 Å². The van der Waals surface area contributed by atoms with Crippen molar-refractivity contribution >= 4 is 25.7 Å². The summed E-state index contributed by atoms with van der Waals surface area (Å²) in [6.45, 7) is 2.70. The molecule has 0 aromatic rings. The van der Waals surface area contributed by atoms with Crippen LogP contribution in [-0.4, -0.2) is 59.9 Å². The average Bonchev–Trinajstić information content (AvgIpc) is 3.13. The van der Waals surface area contributed by atoms with E-state index in [9.17, 15) is 23.8 Å². The van der Waals surface area contributed by atoms with Crippen molar-refractivity contribution in [3.63, 3.8) is 0 Å². The predicted molar refractivity (Wildman–Crippen MR) is 212 cm³/mol. The number of phosphoric ester groups is 1. The van der Waals surface area contributed by atoms with E-state index in [-0.39, 0.29) is 19.4 Å². The summed E-state index contributed by atoms with van der Waals surface area (Å²) in [5.74, 6) is -2.44. The zero-order chi connectivity index (χ0) is 39.3. The van der Waals surface area contributed by atoms with Crippen LogP contribution in [0.2, 0.25) is 0 Å². The Morgan fingerprint density at radius 1 is 0.585 bits per heavy atom. The number of unbranched alkanes of at least 4 members (excludes halogenated alkanes) is 15. The molecule has 0 saturated heterocycles. The quantitative estimate of drug-likeness (QED) is 0.0238. The van der Waals surface area contributed by atoms with E-state index in [1.165, 1.54) is 51.4 Å². The smallest absolute Gasteiger partial charge is 0.472 e. The van der Waals surface area contributed by atoms with Gasteiger partial charge in [-0.25, -0.2) is 4.57 Å². The number of carboxylic acid groups (broad SMARTS) is 1. The van der Waals surface area contributed by atoms with E-state index in [1.54, 1.807) is 0 Å². The zero-order valence-electron chi connectivity index (χ0n) is 32.8. The van der Waals surface area contributed by atoms with Crippen LogP contribution in [0, 0.1) is 0 Å². The molecule has 4 N–H and O–H groups in total. The largest absolute Gasteiger partial charge is 0.480 e. The molecule has 306 valence electrons. The first-order valence-electron chi connectivity index (χ1n) is 20.2. The van der Waals surface area contributed by atoms with Crippen molar-refractivity contribution in [2.75, 3.05) is 19.8 Å². The summed E-state index contributed by atoms with van der Waals surface area (Å²) < 4.78 is 32.6. The molecule has 12 heteroatoms. The molecule has 0 rings (SSSR count). The number of nitrogens with two attached hydrogens (primary N) is 1. The molecule has 11 nitrogen and oxygen atoms in total. The number of phosphoric acid groups is 1. The first-order valence-corrected chi connectivity index (χ1v) is 21.7. The number of rotatable bonds is 37. The van der Waals surface area contributed by atoms with Gasteiger partial charge in [-0.3, -0.25) is 23.4 Å². The number of carboxylic acids is 1. The van der Waals surface area contributed by atoms with Crippen LogP contribution in [0.5, 0.6) is 0 Å². The lowest BCUT2D eigenvalue weighted by Crippen LogP contribution is -2.34. The Balaban J connectivity index is 4.50. The Hall–Kier alpha value is -2.56. The Morgan fingerprint density at radius 2 is 1.00 bits per heavy atom. The third-order valence-electron chi connectivity index (χ3n) is 8.30. The van der Waals surface area contributed by atoms with E-state index >= 15 is 0 Å². The standard InChI is InChI=1S/C41H72NO10P/c1-3-5-7-9-11-13-15-17-19-21-22-24-26-28-30-32-39(43)49-34-37(35-50-53(47,48)51-36-38(42)41(45)46)52-40(44)33-31-29-27-25-23-20-18-16-14-12-10-8-6-4-2/h11,13,16-19,22,24,37-38H,3-10,12,14-15,20-21,23,25-36,42H2,1-2H3,(H,45,46)(H,47,48)/b13-11-,18-16-,19-17-,24-22-/t37-,38+/m1/s1. The van der Waals surface area contributed by atoms with Gasteiger partial charge in [-0.05, 0) is 77.0 Å². The van der Waals surface area contributed by atoms with Gasteiger partial charge in [0.05, 0.1) is 13.2 Å². The summed E-state index contributed by atoms with van der Waals surface area (Å²) in [7, 11) is -4.72. The van der Waals surface area contributed by atoms with Crippen LogP contribution in [0.15, 0.2) is 48.6 Å². The first-order chi connectivity index (χ1) is 25.6. The number of hydrogen-bond acceptors (Lipinski definition) is 9. The van der Waals surface area contributed by atoms with E-state index < -0.39 is 51.1 Å². The molecule has 1 unspecified atom stereocenters. The van der Waals surface area contributed by atoms with Gasteiger partial charge in [0, 0.05) is 12.8 Å². The Kier molecular flexibility index (Phi) is 34.7. The van der Waals surface area contributed by atoms with Crippen molar-refractivity contribution in [3.05, 3.63) is 48.6 Å². The van der Waals surface area contributed by atoms with Crippen LogP contribution in [0.3, 0.4) is 0 Å². The fraction of sp³-hybridized carbons (Fsp3) is 0.732. The number of hydrogen-bond donors (Lipinski definition) is 3. The van der Waals surface area contributed by atoms with E-state index in [0.29, 0.717) is 12.8 Å². The number of allylic oxidation sites excluding steroid dienone is 8. The molecule has 0 aliphatic carbocycles. The highest BCUT2D eigenvalue weighted by Gasteiger charge is 2.28. The van der Waals surface area contributed by atoms with Gasteiger partial charge in [0.15, 0.2) is 6.10 Å². The summed E-state index contributed by atoms with van der Waals surface area (Å²) in [6.07, 6.45) is 38.9. The highest BCUT2D eigenvalue weighted by molar-refractivity contribution is 7.47. The summed E-state index contributed by atoms with van der Waals surface area (Å²) in [5.41, 5.74) is 5.32. The maximum Gasteiger partial charge on any atom is 0.472 e. The third-order valence-corrected chi connectivity index (χ3v) is 9.25. The molecule has 0 fully saturated rings. The molecule has 0 aliphatic heterocycles. The molecule has 0 saturated carbocycles. The van der Waals surface area contributed by atoms with Crippen LogP contribution < -0.4 is 5.73 Å². The number of esters is 2. The second kappa shape index (κ2) is 36.4. The Labute approximate surface area is 320 Å². The maximum absolute atomic E-state index is 12.6. The molecule has 0 aromatic heterocycles. The van der Waals surface area contributed by atoms with Crippen LogP contribution in [0.4, 0.5) is 0 Å². The Bertz CT molecular complexity index is 1090. The molecular formula is C41H72NO10P. The zero-order valence-corrected chi connectivity index (χ0v) is 33.7. The predicted octanol–water partition coefficient (Wildman–Crippen LogP) is 10.2. The van der Waals surface area contributed by atoms with Gasteiger partial charge in [0.1, 0.15) is 12.6 Å². The maximum atomic E-state index is 12.6. The molecule has 0 spiro atoms. The molecule has 0 aromatic carbocycles. The van der Waals surface area contributed by atoms with Gasteiger partial charge in [0.2, 0.25) is 0 Å². The normalized spacial score (nSPS) is 14.3. The Morgan fingerprint density at radius 3 is 1.58 bits per heavy atom. The van der Waals surface area contributed by atoms with Gasteiger partial charge in [-0.15, -0.1) is 0 Å². The van der Waals surface area contributed by atoms with Crippen LogP contribution in [0.25, 0.3) is 0 Å². The molecule has 53 heavy (non-hydrogen) atoms. The fourth-order valence-corrected chi connectivity index (χ4v) is 5.84. The minimum atomic E-state index is -4.72. The van der Waals surface area contributed by atoms with E-state index in [0.717, 1.165) is 70.6 Å². The molecule has 0 amide bonds. The number of carbonyl (C=O) groups is 3. The SMILES string of the molecule is CCCCC/C=C\C/C=C\C/C=C\CCCCC(=O)OC[C@H](COP(=O)(O)OC[C@H](N)C(=O)O)OC(=O)CCCCCCC/C=C\CCCCCCC. The second-order valence-electron chi connectivity index (χ2n) is 13.4. The highest BCUT2D eigenvalue weighted by Crippen LogP contribution is 2.43. The van der Waals surface area contributed by atoms with Gasteiger partial charge in [-0.1, -0.05) is 120 Å². The summed E-state index contributed by atoms with van der Waals surface area (Å²) >= 11 is 0. The van der Waals surface area contributed by atoms with Gasteiger partial charge >= 0.3 is 25.7 Å². The fourth-order valence-electron chi connectivity index (χ4n) is 5.06. The van der Waals surface area contributed by atoms with Crippen molar-refractivity contribution in [2.45, 2.75) is 174 Å². The molecule has 0 bridgehead atoms. The van der Waals surface area contributed by atoms with Crippen molar-refractivity contribution in [3.8, 4) is 0 Å². The van der Waals surface area contributed by atoms with Gasteiger partial charge in [0.25, 0.3) is 0 Å². The minimum absolute atomic E-state index is 0.141. The van der Waals surface area contributed by atoms with E-state index in [4.69, 9.17) is 24.8 Å². The topological polar surface area (TPSA) is 172 Å². The van der Waals surface area contributed by atoms with E-state index in [2.05, 4.69) is 67.0 Å². The molecular weight excluding hydrogens is 697 g/mol. The summed E-state index contributed by atoms with van der Waals surface area (Å²) in [6, 6.07) is -1.53. The van der Waals surface area contributed by atoms with Crippen molar-refractivity contribution in [1.29, 1.82) is 0 Å². The number of aliphatic carboxylic acids is 1. The molecule has 0 radical (unpaired) electrons.